The van der Waals surface area contributed by atoms with Gasteiger partial charge in [-0.05, 0) is 37.1 Å². The van der Waals surface area contributed by atoms with Gasteiger partial charge >= 0.3 is 11.8 Å². The number of ether oxygens (including phenoxy) is 1. The van der Waals surface area contributed by atoms with Gasteiger partial charge in [0, 0.05) is 65.7 Å². The molecule has 0 radical (unpaired) electrons. The number of rotatable bonds is 7. The van der Waals surface area contributed by atoms with Crippen LogP contribution < -0.4 is 15.5 Å². The molecule has 1 aromatic carbocycles. The summed E-state index contributed by atoms with van der Waals surface area (Å²) in [4.78, 5) is 31.3. The number of fused-ring (bicyclic) bond motifs is 1. The molecule has 0 aromatic heterocycles. The standard InChI is InChI=1S/C22H35N5O3/c1-25-10-12-27(13-11-25)20(16-24-22(29)21(28)23-8-14-30-3)18-6-7-19-17(15-18)5-4-9-26(19)2/h6-7,15,20H,4-5,8-14,16H2,1-3H3,(H,23,28)(H,24,29)/t20-/m0/s1. The molecule has 2 amide bonds. The minimum atomic E-state index is -0.615. The molecule has 2 aliphatic rings. The summed E-state index contributed by atoms with van der Waals surface area (Å²) < 4.78 is 4.91. The van der Waals surface area contributed by atoms with Crippen molar-refractivity contribution in [2.24, 2.45) is 0 Å². The molecule has 0 aliphatic carbocycles. The van der Waals surface area contributed by atoms with Crippen molar-refractivity contribution < 1.29 is 14.3 Å². The minimum Gasteiger partial charge on any atom is -0.383 e. The number of nitrogens with one attached hydrogen (secondary N) is 2. The first-order valence-corrected chi connectivity index (χ1v) is 10.8. The summed E-state index contributed by atoms with van der Waals surface area (Å²) in [5.74, 6) is -1.21. The third kappa shape index (κ3) is 5.71. The third-order valence-corrected chi connectivity index (χ3v) is 6.07. The second-order valence-corrected chi connectivity index (χ2v) is 8.23. The summed E-state index contributed by atoms with van der Waals surface area (Å²) in [5, 5.41) is 5.42. The van der Waals surface area contributed by atoms with E-state index in [9.17, 15) is 9.59 Å². The minimum absolute atomic E-state index is 0.0481. The molecular weight excluding hydrogens is 382 g/mol. The number of hydrogen-bond donors (Lipinski definition) is 2. The molecule has 8 heteroatoms. The van der Waals surface area contributed by atoms with Gasteiger partial charge in [0.05, 0.1) is 12.6 Å². The van der Waals surface area contributed by atoms with Gasteiger partial charge in [-0.25, -0.2) is 0 Å². The Labute approximate surface area is 179 Å². The van der Waals surface area contributed by atoms with E-state index in [1.807, 2.05) is 0 Å². The molecule has 0 unspecified atom stereocenters. The van der Waals surface area contributed by atoms with Crippen LogP contribution in [-0.2, 0) is 20.7 Å². The number of amides is 2. The lowest BCUT2D eigenvalue weighted by Crippen LogP contribution is -2.50. The van der Waals surface area contributed by atoms with Crippen LogP contribution in [0.4, 0.5) is 5.69 Å². The van der Waals surface area contributed by atoms with Crippen molar-refractivity contribution in [3.8, 4) is 0 Å². The first-order valence-electron chi connectivity index (χ1n) is 10.8. The fourth-order valence-corrected chi connectivity index (χ4v) is 4.22. The molecule has 1 fully saturated rings. The van der Waals surface area contributed by atoms with Crippen LogP contribution in [0.25, 0.3) is 0 Å². The van der Waals surface area contributed by atoms with Crippen molar-refractivity contribution in [1.82, 2.24) is 20.4 Å². The Hall–Kier alpha value is -2.16. The summed E-state index contributed by atoms with van der Waals surface area (Å²) in [7, 11) is 5.83. The Morgan fingerprint density at radius 2 is 1.80 bits per heavy atom. The van der Waals surface area contributed by atoms with Crippen LogP contribution >= 0.6 is 0 Å². The summed E-state index contributed by atoms with van der Waals surface area (Å²) >= 11 is 0. The fourth-order valence-electron chi connectivity index (χ4n) is 4.22. The Kier molecular flexibility index (Phi) is 8.07. The molecule has 8 nitrogen and oxygen atoms in total. The molecule has 1 saturated heterocycles. The van der Waals surface area contributed by atoms with E-state index in [4.69, 9.17) is 4.74 Å². The summed E-state index contributed by atoms with van der Waals surface area (Å²) in [6.07, 6.45) is 2.24. The van der Waals surface area contributed by atoms with E-state index >= 15 is 0 Å². The molecule has 0 spiro atoms. The number of carbonyl (C=O) groups excluding carboxylic acids is 2. The third-order valence-electron chi connectivity index (χ3n) is 6.07. The number of piperazine rings is 1. The van der Waals surface area contributed by atoms with Crippen LogP contribution in [0.1, 0.15) is 23.6 Å². The number of methoxy groups -OCH3 is 1. The van der Waals surface area contributed by atoms with Gasteiger partial charge in [-0.2, -0.15) is 0 Å². The maximum absolute atomic E-state index is 12.3. The zero-order valence-corrected chi connectivity index (χ0v) is 18.4. The number of benzene rings is 1. The topological polar surface area (TPSA) is 77.1 Å². The smallest absolute Gasteiger partial charge is 0.309 e. The van der Waals surface area contributed by atoms with Crippen molar-refractivity contribution in [3.05, 3.63) is 29.3 Å². The van der Waals surface area contributed by atoms with Crippen molar-refractivity contribution in [2.45, 2.75) is 18.9 Å². The molecule has 0 saturated carbocycles. The highest BCUT2D eigenvalue weighted by molar-refractivity contribution is 6.35. The molecular formula is C22H35N5O3. The maximum Gasteiger partial charge on any atom is 0.309 e. The van der Waals surface area contributed by atoms with Gasteiger partial charge in [0.1, 0.15) is 0 Å². The van der Waals surface area contributed by atoms with E-state index in [0.717, 1.165) is 45.6 Å². The number of carbonyl (C=O) groups is 2. The Bertz CT molecular complexity index is 733. The number of anilines is 1. The number of nitrogens with zero attached hydrogens (tertiary/aromatic N) is 3. The van der Waals surface area contributed by atoms with Crippen molar-refractivity contribution >= 4 is 17.5 Å². The predicted molar refractivity (Wildman–Crippen MR) is 118 cm³/mol. The molecule has 2 N–H and O–H groups in total. The van der Waals surface area contributed by atoms with E-state index in [1.54, 1.807) is 7.11 Å². The normalized spacial score (nSPS) is 18.6. The highest BCUT2D eigenvalue weighted by atomic mass is 16.5. The molecule has 2 heterocycles. The number of hydrogen-bond acceptors (Lipinski definition) is 6. The number of likely N-dealkylation sites (N-methyl/N-ethyl adjacent to an activating group) is 1. The van der Waals surface area contributed by atoms with Crippen LogP contribution in [0.2, 0.25) is 0 Å². The Morgan fingerprint density at radius 3 is 2.53 bits per heavy atom. The van der Waals surface area contributed by atoms with Crippen LogP contribution in [-0.4, -0.2) is 95.2 Å². The molecule has 166 valence electrons. The van der Waals surface area contributed by atoms with E-state index in [2.05, 4.69) is 57.6 Å². The zero-order valence-electron chi connectivity index (χ0n) is 18.4. The lowest BCUT2D eigenvalue weighted by atomic mass is 9.95. The van der Waals surface area contributed by atoms with Crippen molar-refractivity contribution in [3.63, 3.8) is 0 Å². The maximum atomic E-state index is 12.3. The lowest BCUT2D eigenvalue weighted by Gasteiger charge is -2.39. The molecule has 1 aromatic rings. The molecule has 0 bridgehead atoms. The largest absolute Gasteiger partial charge is 0.383 e. The molecule has 1 atom stereocenters. The second-order valence-electron chi connectivity index (χ2n) is 8.23. The monoisotopic (exact) mass is 417 g/mol. The lowest BCUT2D eigenvalue weighted by molar-refractivity contribution is -0.139. The first kappa shape index (κ1) is 22.5. The van der Waals surface area contributed by atoms with Crippen molar-refractivity contribution in [2.75, 3.05) is 78.5 Å². The van der Waals surface area contributed by atoms with Gasteiger partial charge in [-0.3, -0.25) is 14.5 Å². The highest BCUT2D eigenvalue weighted by Gasteiger charge is 2.26. The highest BCUT2D eigenvalue weighted by Crippen LogP contribution is 2.31. The van der Waals surface area contributed by atoms with E-state index < -0.39 is 11.8 Å². The van der Waals surface area contributed by atoms with Gasteiger partial charge in [0.25, 0.3) is 0 Å². The van der Waals surface area contributed by atoms with Gasteiger partial charge in [0.2, 0.25) is 0 Å². The van der Waals surface area contributed by atoms with E-state index in [0.29, 0.717) is 19.7 Å². The fraction of sp³-hybridized carbons (Fsp3) is 0.636. The van der Waals surface area contributed by atoms with Gasteiger partial charge in [0.15, 0.2) is 0 Å². The van der Waals surface area contributed by atoms with Gasteiger partial charge in [-0.15, -0.1) is 0 Å². The molecule has 3 rings (SSSR count). The number of aryl methyl sites for hydroxylation is 1. The SMILES string of the molecule is COCCNC(=O)C(=O)NC[C@@H](c1ccc2c(c1)CCCN2C)N1CCN(C)CC1. The first-order chi connectivity index (χ1) is 14.5. The Balaban J connectivity index is 1.71. The van der Waals surface area contributed by atoms with Crippen LogP contribution in [0.5, 0.6) is 0 Å². The van der Waals surface area contributed by atoms with Crippen LogP contribution in [0, 0.1) is 0 Å². The van der Waals surface area contributed by atoms with E-state index in [-0.39, 0.29) is 6.04 Å². The summed E-state index contributed by atoms with van der Waals surface area (Å²) in [5.41, 5.74) is 3.86. The average molecular weight is 418 g/mol. The van der Waals surface area contributed by atoms with Crippen molar-refractivity contribution in [1.29, 1.82) is 0 Å². The second kappa shape index (κ2) is 10.7. The van der Waals surface area contributed by atoms with Crippen LogP contribution in [0.15, 0.2) is 18.2 Å². The quantitative estimate of drug-likeness (QED) is 0.489. The predicted octanol–water partition coefficient (Wildman–Crippen LogP) is 0.236. The van der Waals surface area contributed by atoms with Gasteiger partial charge < -0.3 is 25.2 Å². The van der Waals surface area contributed by atoms with Gasteiger partial charge in [-0.1, -0.05) is 12.1 Å². The molecule has 30 heavy (non-hydrogen) atoms. The van der Waals surface area contributed by atoms with E-state index in [1.165, 1.54) is 16.8 Å². The molecule has 2 aliphatic heterocycles. The average Bonchev–Trinajstić information content (AvgIpc) is 2.75. The van der Waals surface area contributed by atoms with Crippen LogP contribution in [0.3, 0.4) is 0 Å². The summed E-state index contributed by atoms with van der Waals surface area (Å²) in [6, 6.07) is 6.71. The zero-order chi connectivity index (χ0) is 21.5. The summed E-state index contributed by atoms with van der Waals surface area (Å²) in [6.45, 7) is 6.07. The Morgan fingerprint density at radius 1 is 1.07 bits per heavy atom.